The number of aromatic carboxylic acids is 1. The smallest absolute Gasteiger partial charge is 0.339 e. The Bertz CT molecular complexity index is 863. The average molecular weight is 360 g/mol. The number of carbonyl (C=O) groups is 2. The van der Waals surface area contributed by atoms with Gasteiger partial charge in [-0.2, -0.15) is 0 Å². The van der Waals surface area contributed by atoms with Crippen LogP contribution in [-0.4, -0.2) is 24.1 Å². The summed E-state index contributed by atoms with van der Waals surface area (Å²) in [6.07, 6.45) is 1.67. The highest BCUT2D eigenvalue weighted by Crippen LogP contribution is 2.33. The molecular formula is C19H18ClNO4. The molecule has 3 rings (SSSR count). The second-order valence-electron chi connectivity index (χ2n) is 6.08. The van der Waals surface area contributed by atoms with Crippen molar-refractivity contribution in [2.75, 3.05) is 7.11 Å². The summed E-state index contributed by atoms with van der Waals surface area (Å²) < 4.78 is 5.09. The van der Waals surface area contributed by atoms with Gasteiger partial charge >= 0.3 is 5.97 Å². The number of nitrogens with one attached hydrogen (secondary N) is 1. The highest BCUT2D eigenvalue weighted by atomic mass is 35.5. The Kier molecular flexibility index (Phi) is 4.68. The third kappa shape index (κ3) is 3.33. The molecule has 0 fully saturated rings. The van der Waals surface area contributed by atoms with Crippen molar-refractivity contribution in [1.29, 1.82) is 0 Å². The maximum absolute atomic E-state index is 12.7. The number of amides is 1. The van der Waals surface area contributed by atoms with Crippen molar-refractivity contribution in [3.63, 3.8) is 0 Å². The molecule has 1 amide bonds. The monoisotopic (exact) mass is 359 g/mol. The Morgan fingerprint density at radius 2 is 2.00 bits per heavy atom. The summed E-state index contributed by atoms with van der Waals surface area (Å²) in [4.78, 5) is 24.1. The predicted molar refractivity (Wildman–Crippen MR) is 94.7 cm³/mol. The third-order valence-electron chi connectivity index (χ3n) is 4.51. The summed E-state index contributed by atoms with van der Waals surface area (Å²) in [5.41, 5.74) is 3.14. The molecule has 1 aliphatic rings. The first kappa shape index (κ1) is 17.3. The Hall–Kier alpha value is -2.53. The fourth-order valence-corrected chi connectivity index (χ4v) is 3.40. The Balaban J connectivity index is 1.89. The van der Waals surface area contributed by atoms with E-state index in [1.165, 1.54) is 18.7 Å². The Morgan fingerprint density at radius 3 is 2.68 bits per heavy atom. The lowest BCUT2D eigenvalue weighted by Gasteiger charge is -2.16. The van der Waals surface area contributed by atoms with Crippen molar-refractivity contribution >= 4 is 23.5 Å². The maximum Gasteiger partial charge on any atom is 0.339 e. The van der Waals surface area contributed by atoms with E-state index >= 15 is 0 Å². The van der Waals surface area contributed by atoms with E-state index in [0.29, 0.717) is 16.1 Å². The molecule has 2 N–H and O–H groups in total. The number of ether oxygens (including phenoxy) is 1. The van der Waals surface area contributed by atoms with E-state index in [2.05, 4.69) is 5.32 Å². The highest BCUT2D eigenvalue weighted by molar-refractivity contribution is 6.30. The van der Waals surface area contributed by atoms with Crippen LogP contribution in [0.15, 0.2) is 30.3 Å². The van der Waals surface area contributed by atoms with Crippen LogP contribution in [0.4, 0.5) is 0 Å². The van der Waals surface area contributed by atoms with Crippen molar-refractivity contribution in [3.05, 3.63) is 63.2 Å². The van der Waals surface area contributed by atoms with Gasteiger partial charge in [0.05, 0.1) is 13.2 Å². The van der Waals surface area contributed by atoms with Crippen molar-refractivity contribution in [3.8, 4) is 5.75 Å². The molecule has 1 atom stereocenters. The number of fused-ring (bicyclic) bond motifs is 1. The molecule has 25 heavy (non-hydrogen) atoms. The van der Waals surface area contributed by atoms with E-state index in [4.69, 9.17) is 16.3 Å². The molecule has 5 nitrogen and oxygen atoms in total. The molecule has 0 aliphatic heterocycles. The molecule has 0 bridgehead atoms. The number of hydrogen-bond acceptors (Lipinski definition) is 3. The molecule has 6 heteroatoms. The first-order valence-corrected chi connectivity index (χ1v) is 8.29. The lowest BCUT2D eigenvalue weighted by atomic mass is 10.0. The number of halogens is 1. The molecule has 1 unspecified atom stereocenters. The molecule has 1 aliphatic carbocycles. The van der Waals surface area contributed by atoms with Gasteiger partial charge in [0.1, 0.15) is 11.3 Å². The summed E-state index contributed by atoms with van der Waals surface area (Å²) in [5.74, 6) is -1.20. The predicted octanol–water partition coefficient (Wildman–Crippen LogP) is 3.77. The number of carboxylic acid groups (broad SMARTS) is 1. The number of aryl methyl sites for hydroxylation is 2. The molecule has 0 heterocycles. The van der Waals surface area contributed by atoms with Crippen LogP contribution >= 0.6 is 11.6 Å². The quantitative estimate of drug-likeness (QED) is 0.871. The second kappa shape index (κ2) is 6.76. The van der Waals surface area contributed by atoms with Gasteiger partial charge in [0.15, 0.2) is 0 Å². The van der Waals surface area contributed by atoms with Gasteiger partial charge in [0.2, 0.25) is 0 Å². The summed E-state index contributed by atoms with van der Waals surface area (Å²) in [6, 6.07) is 8.49. The first-order chi connectivity index (χ1) is 11.9. The van der Waals surface area contributed by atoms with Gasteiger partial charge in [-0.25, -0.2) is 4.79 Å². The maximum atomic E-state index is 12.7. The molecule has 0 spiro atoms. The van der Waals surface area contributed by atoms with E-state index in [-0.39, 0.29) is 23.3 Å². The zero-order valence-corrected chi connectivity index (χ0v) is 14.7. The van der Waals surface area contributed by atoms with Crippen LogP contribution in [0.5, 0.6) is 5.75 Å². The number of carbonyl (C=O) groups excluding carboxylic acids is 1. The van der Waals surface area contributed by atoms with E-state index in [9.17, 15) is 14.7 Å². The summed E-state index contributed by atoms with van der Waals surface area (Å²) >= 11 is 6.06. The normalized spacial score (nSPS) is 15.6. The summed E-state index contributed by atoms with van der Waals surface area (Å²) in [5, 5.41) is 12.9. The van der Waals surface area contributed by atoms with Crippen molar-refractivity contribution in [2.45, 2.75) is 25.8 Å². The molecule has 2 aromatic rings. The van der Waals surface area contributed by atoms with E-state index in [1.807, 2.05) is 18.2 Å². The molecule has 130 valence electrons. The molecular weight excluding hydrogens is 342 g/mol. The van der Waals surface area contributed by atoms with Crippen LogP contribution in [0.25, 0.3) is 0 Å². The third-order valence-corrected chi connectivity index (χ3v) is 4.75. The van der Waals surface area contributed by atoms with Gasteiger partial charge in [-0.1, -0.05) is 17.7 Å². The van der Waals surface area contributed by atoms with Crippen LogP contribution in [0.1, 0.15) is 49.9 Å². The van der Waals surface area contributed by atoms with Crippen molar-refractivity contribution in [1.82, 2.24) is 5.32 Å². The summed E-state index contributed by atoms with van der Waals surface area (Å²) in [7, 11) is 1.40. The number of carboxylic acids is 1. The average Bonchev–Trinajstić information content (AvgIpc) is 2.96. The number of rotatable bonds is 4. The standard InChI is InChI=1S/C19H18ClNO4/c1-10-7-17(25-2)15(19(23)24)9-13(10)18(22)21-16-6-4-11-3-5-12(20)8-14(11)16/h3,5,7-9,16H,4,6H2,1-2H3,(H,21,22)(H,23,24). The van der Waals surface area contributed by atoms with Gasteiger partial charge in [0, 0.05) is 10.6 Å². The minimum Gasteiger partial charge on any atom is -0.496 e. The fraction of sp³-hybridized carbons (Fsp3) is 0.263. The van der Waals surface area contributed by atoms with Gasteiger partial charge in [-0.05, 0) is 60.7 Å². The lowest BCUT2D eigenvalue weighted by Crippen LogP contribution is -2.28. The number of hydrogen-bond donors (Lipinski definition) is 2. The van der Waals surface area contributed by atoms with E-state index in [1.54, 1.807) is 13.0 Å². The molecule has 0 saturated heterocycles. The lowest BCUT2D eigenvalue weighted by molar-refractivity contribution is 0.0693. The van der Waals surface area contributed by atoms with Crippen LogP contribution in [-0.2, 0) is 6.42 Å². The van der Waals surface area contributed by atoms with Crippen LogP contribution in [0, 0.1) is 6.92 Å². The number of methoxy groups -OCH3 is 1. The van der Waals surface area contributed by atoms with Gasteiger partial charge < -0.3 is 15.2 Å². The van der Waals surface area contributed by atoms with Crippen LogP contribution in [0.3, 0.4) is 0 Å². The Morgan fingerprint density at radius 1 is 1.24 bits per heavy atom. The second-order valence-corrected chi connectivity index (χ2v) is 6.52. The number of benzene rings is 2. The first-order valence-electron chi connectivity index (χ1n) is 7.92. The largest absolute Gasteiger partial charge is 0.496 e. The SMILES string of the molecule is COc1cc(C)c(C(=O)NC2CCc3ccc(Cl)cc32)cc1C(=O)O. The zero-order valence-electron chi connectivity index (χ0n) is 13.9. The zero-order chi connectivity index (χ0) is 18.1. The Labute approximate surface area is 150 Å². The van der Waals surface area contributed by atoms with Crippen LogP contribution in [0.2, 0.25) is 5.02 Å². The molecule has 0 aromatic heterocycles. The van der Waals surface area contributed by atoms with Gasteiger partial charge in [-0.15, -0.1) is 0 Å². The van der Waals surface area contributed by atoms with Crippen molar-refractivity contribution in [2.24, 2.45) is 0 Å². The fourth-order valence-electron chi connectivity index (χ4n) is 3.22. The highest BCUT2D eigenvalue weighted by Gasteiger charge is 2.26. The van der Waals surface area contributed by atoms with E-state index in [0.717, 1.165) is 18.4 Å². The van der Waals surface area contributed by atoms with Crippen molar-refractivity contribution < 1.29 is 19.4 Å². The van der Waals surface area contributed by atoms with E-state index < -0.39 is 5.97 Å². The minimum absolute atomic E-state index is 0.0342. The molecule has 2 aromatic carbocycles. The van der Waals surface area contributed by atoms with Crippen LogP contribution < -0.4 is 10.1 Å². The summed E-state index contributed by atoms with van der Waals surface area (Å²) in [6.45, 7) is 1.75. The molecule has 0 saturated carbocycles. The topological polar surface area (TPSA) is 75.6 Å². The molecule has 0 radical (unpaired) electrons. The van der Waals surface area contributed by atoms with Gasteiger partial charge in [0.25, 0.3) is 5.91 Å². The minimum atomic E-state index is -1.14. The van der Waals surface area contributed by atoms with Gasteiger partial charge in [-0.3, -0.25) is 4.79 Å².